The lowest BCUT2D eigenvalue weighted by atomic mass is 10.1. The first-order valence-electron chi connectivity index (χ1n) is 8.97. The topological polar surface area (TPSA) is 40.6 Å². The molecule has 0 aliphatic carbocycles. The van der Waals surface area contributed by atoms with Gasteiger partial charge in [0.1, 0.15) is 5.82 Å². The Morgan fingerprint density at radius 3 is 2.50 bits per heavy atom. The summed E-state index contributed by atoms with van der Waals surface area (Å²) in [5.41, 5.74) is 1.84. The van der Waals surface area contributed by atoms with Crippen LogP contribution in [0.3, 0.4) is 0 Å². The van der Waals surface area contributed by atoms with E-state index in [1.165, 1.54) is 12.1 Å². The Hall–Kier alpha value is -2.69. The van der Waals surface area contributed by atoms with Crippen LogP contribution in [0.15, 0.2) is 54.6 Å². The molecule has 0 bridgehead atoms. The summed E-state index contributed by atoms with van der Waals surface area (Å²) >= 11 is 0. The maximum atomic E-state index is 13.0. The van der Waals surface area contributed by atoms with Gasteiger partial charge < -0.3 is 9.80 Å². The van der Waals surface area contributed by atoms with Crippen LogP contribution in [0.1, 0.15) is 18.9 Å². The van der Waals surface area contributed by atoms with Crippen LogP contribution >= 0.6 is 0 Å². The summed E-state index contributed by atoms with van der Waals surface area (Å²) in [6, 6.07) is 15.8. The van der Waals surface area contributed by atoms with E-state index in [0.717, 1.165) is 11.3 Å². The van der Waals surface area contributed by atoms with E-state index in [0.29, 0.717) is 26.1 Å². The van der Waals surface area contributed by atoms with Crippen LogP contribution < -0.4 is 4.90 Å². The fourth-order valence-corrected chi connectivity index (χ4v) is 3.36. The molecule has 5 heteroatoms. The van der Waals surface area contributed by atoms with Gasteiger partial charge in [-0.1, -0.05) is 30.3 Å². The second-order valence-corrected chi connectivity index (χ2v) is 6.54. The first kappa shape index (κ1) is 18.1. The van der Waals surface area contributed by atoms with Gasteiger partial charge in [-0.25, -0.2) is 4.39 Å². The van der Waals surface area contributed by atoms with Crippen molar-refractivity contribution in [3.8, 4) is 0 Å². The second-order valence-electron chi connectivity index (χ2n) is 6.54. The van der Waals surface area contributed by atoms with E-state index in [-0.39, 0.29) is 30.0 Å². The SMILES string of the molecule is CCN(C(=O)[C@@H]1CC(=O)N(CCc2ccc(F)cc2)C1)c1ccccc1. The standard InChI is InChI=1S/C21H23FN2O2/c1-2-24(19-6-4-3-5-7-19)21(26)17-14-20(25)23(15-17)13-12-16-8-10-18(22)11-9-16/h3-11,17H,2,12-15H2,1H3/t17-/m1/s1. The number of hydrogen-bond donors (Lipinski definition) is 0. The largest absolute Gasteiger partial charge is 0.342 e. The first-order chi connectivity index (χ1) is 12.6. The van der Waals surface area contributed by atoms with E-state index in [1.807, 2.05) is 37.3 Å². The molecule has 2 amide bonds. The van der Waals surface area contributed by atoms with Gasteiger partial charge in [0.2, 0.25) is 11.8 Å². The molecule has 1 fully saturated rings. The molecule has 0 unspecified atom stereocenters. The predicted octanol–water partition coefficient (Wildman–Crippen LogP) is 3.27. The summed E-state index contributed by atoms with van der Waals surface area (Å²) in [6.07, 6.45) is 0.911. The van der Waals surface area contributed by atoms with Crippen LogP contribution in [0.4, 0.5) is 10.1 Å². The quantitative estimate of drug-likeness (QED) is 0.799. The number of carbonyl (C=O) groups is 2. The molecular formula is C21H23FN2O2. The number of hydrogen-bond acceptors (Lipinski definition) is 2. The first-order valence-corrected chi connectivity index (χ1v) is 8.97. The summed E-state index contributed by atoms with van der Waals surface area (Å²) in [6.45, 7) is 3.50. The third-order valence-electron chi connectivity index (χ3n) is 4.80. The monoisotopic (exact) mass is 354 g/mol. The number of rotatable bonds is 6. The summed E-state index contributed by atoms with van der Waals surface area (Å²) in [7, 11) is 0. The lowest BCUT2D eigenvalue weighted by Gasteiger charge is -2.24. The molecule has 1 atom stereocenters. The molecule has 3 rings (SSSR count). The number of anilines is 1. The molecular weight excluding hydrogens is 331 g/mol. The fraction of sp³-hybridized carbons (Fsp3) is 0.333. The van der Waals surface area contributed by atoms with E-state index in [9.17, 15) is 14.0 Å². The van der Waals surface area contributed by atoms with E-state index in [4.69, 9.17) is 0 Å². The molecule has 2 aromatic carbocycles. The smallest absolute Gasteiger partial charge is 0.232 e. The average molecular weight is 354 g/mol. The molecule has 0 saturated carbocycles. The van der Waals surface area contributed by atoms with Gasteiger partial charge in [-0.3, -0.25) is 9.59 Å². The molecule has 1 heterocycles. The molecule has 26 heavy (non-hydrogen) atoms. The van der Waals surface area contributed by atoms with Crippen molar-refractivity contribution in [2.24, 2.45) is 5.92 Å². The van der Waals surface area contributed by atoms with Gasteiger partial charge >= 0.3 is 0 Å². The van der Waals surface area contributed by atoms with Crippen molar-refractivity contribution in [1.29, 1.82) is 0 Å². The highest BCUT2D eigenvalue weighted by molar-refractivity contribution is 5.99. The molecule has 0 radical (unpaired) electrons. The number of benzene rings is 2. The maximum Gasteiger partial charge on any atom is 0.232 e. The van der Waals surface area contributed by atoms with Gasteiger partial charge in [-0.2, -0.15) is 0 Å². The molecule has 0 spiro atoms. The fourth-order valence-electron chi connectivity index (χ4n) is 3.36. The van der Waals surface area contributed by atoms with E-state index in [2.05, 4.69) is 0 Å². The predicted molar refractivity (Wildman–Crippen MR) is 99.3 cm³/mol. The van der Waals surface area contributed by atoms with Crippen LogP contribution in [0.2, 0.25) is 0 Å². The van der Waals surface area contributed by atoms with E-state index >= 15 is 0 Å². The highest BCUT2D eigenvalue weighted by Crippen LogP contribution is 2.24. The lowest BCUT2D eigenvalue weighted by Crippen LogP contribution is -2.37. The van der Waals surface area contributed by atoms with Gasteiger partial charge in [0.05, 0.1) is 5.92 Å². The number of para-hydroxylation sites is 1. The summed E-state index contributed by atoms with van der Waals surface area (Å²) < 4.78 is 13.0. The van der Waals surface area contributed by atoms with Gasteiger partial charge in [0.25, 0.3) is 0 Å². The molecule has 4 nitrogen and oxygen atoms in total. The van der Waals surface area contributed by atoms with Crippen LogP contribution in [0, 0.1) is 11.7 Å². The number of halogens is 1. The minimum absolute atomic E-state index is 0.00340. The Morgan fingerprint density at radius 1 is 1.15 bits per heavy atom. The summed E-state index contributed by atoms with van der Waals surface area (Å²) in [5.74, 6) is -0.570. The van der Waals surface area contributed by atoms with Crippen molar-refractivity contribution in [2.45, 2.75) is 19.8 Å². The zero-order valence-corrected chi connectivity index (χ0v) is 14.9. The van der Waals surface area contributed by atoms with Gasteiger partial charge in [-0.15, -0.1) is 0 Å². The van der Waals surface area contributed by atoms with Gasteiger partial charge in [-0.05, 0) is 43.2 Å². The second kappa shape index (κ2) is 8.13. The molecule has 136 valence electrons. The highest BCUT2D eigenvalue weighted by Gasteiger charge is 2.36. The Morgan fingerprint density at radius 2 is 1.85 bits per heavy atom. The minimum atomic E-state index is -0.309. The molecule has 0 N–H and O–H groups in total. The molecule has 1 saturated heterocycles. The lowest BCUT2D eigenvalue weighted by molar-refractivity contribution is -0.128. The average Bonchev–Trinajstić information content (AvgIpc) is 3.03. The summed E-state index contributed by atoms with van der Waals surface area (Å²) in [5, 5.41) is 0. The van der Waals surface area contributed by atoms with Crippen molar-refractivity contribution in [3.63, 3.8) is 0 Å². The van der Waals surface area contributed by atoms with Crippen LogP contribution in [-0.2, 0) is 16.0 Å². The van der Waals surface area contributed by atoms with Gasteiger partial charge in [0.15, 0.2) is 0 Å². The van der Waals surface area contributed by atoms with Crippen molar-refractivity contribution >= 4 is 17.5 Å². The minimum Gasteiger partial charge on any atom is -0.342 e. The molecule has 0 aromatic heterocycles. The van der Waals surface area contributed by atoms with Crippen LogP contribution in [0.25, 0.3) is 0 Å². The Bertz CT molecular complexity index is 761. The van der Waals surface area contributed by atoms with Crippen molar-refractivity contribution < 1.29 is 14.0 Å². The van der Waals surface area contributed by atoms with Crippen molar-refractivity contribution in [1.82, 2.24) is 4.90 Å². The van der Waals surface area contributed by atoms with Crippen LogP contribution in [-0.4, -0.2) is 36.3 Å². The van der Waals surface area contributed by atoms with Crippen LogP contribution in [0.5, 0.6) is 0 Å². The maximum absolute atomic E-state index is 13.0. The third-order valence-corrected chi connectivity index (χ3v) is 4.80. The Balaban J connectivity index is 1.61. The molecule has 2 aromatic rings. The molecule has 1 aliphatic heterocycles. The number of amides is 2. The van der Waals surface area contributed by atoms with E-state index in [1.54, 1.807) is 21.9 Å². The van der Waals surface area contributed by atoms with Crippen molar-refractivity contribution in [2.75, 3.05) is 24.5 Å². The van der Waals surface area contributed by atoms with Gasteiger partial charge in [0, 0.05) is 31.7 Å². The summed E-state index contributed by atoms with van der Waals surface area (Å²) in [4.78, 5) is 28.7. The number of nitrogens with zero attached hydrogens (tertiary/aromatic N) is 2. The Labute approximate surface area is 153 Å². The zero-order chi connectivity index (χ0) is 18.5. The Kier molecular flexibility index (Phi) is 5.66. The third kappa shape index (κ3) is 4.10. The van der Waals surface area contributed by atoms with Crippen molar-refractivity contribution in [3.05, 3.63) is 66.0 Å². The molecule has 1 aliphatic rings. The number of carbonyl (C=O) groups excluding carboxylic acids is 2. The zero-order valence-electron chi connectivity index (χ0n) is 14.9. The number of likely N-dealkylation sites (tertiary alicyclic amines) is 1. The normalized spacial score (nSPS) is 16.8. The van der Waals surface area contributed by atoms with E-state index < -0.39 is 0 Å². The highest BCUT2D eigenvalue weighted by atomic mass is 19.1.